The van der Waals surface area contributed by atoms with Crippen LogP contribution in [0.3, 0.4) is 0 Å². The fourth-order valence-electron chi connectivity index (χ4n) is 2.05. The van der Waals surface area contributed by atoms with Gasteiger partial charge in [0.25, 0.3) is 0 Å². The van der Waals surface area contributed by atoms with E-state index >= 15 is 0 Å². The summed E-state index contributed by atoms with van der Waals surface area (Å²) in [6.45, 7) is 4.22. The highest BCUT2D eigenvalue weighted by atomic mass is 16.3. The molecule has 2 rings (SSSR count). The number of aliphatic hydroxyl groups is 1. The van der Waals surface area contributed by atoms with E-state index in [4.69, 9.17) is 4.42 Å². The van der Waals surface area contributed by atoms with Gasteiger partial charge in [-0.1, -0.05) is 32.0 Å². The van der Waals surface area contributed by atoms with Crippen LogP contribution in [-0.4, -0.2) is 5.11 Å². The van der Waals surface area contributed by atoms with Gasteiger partial charge in [0.2, 0.25) is 0 Å². The van der Waals surface area contributed by atoms with Crippen LogP contribution in [0.1, 0.15) is 42.2 Å². The maximum Gasteiger partial charge on any atom is 0.107 e. The molecule has 1 aromatic carbocycles. The minimum Gasteiger partial charge on any atom is -0.472 e. The highest BCUT2D eigenvalue weighted by Gasteiger charge is 2.15. The zero-order valence-corrected chi connectivity index (χ0v) is 10.3. The molecule has 2 aromatic rings. The summed E-state index contributed by atoms with van der Waals surface area (Å²) in [5.41, 5.74) is 4.25. The molecule has 0 amide bonds. The number of hydrogen-bond acceptors (Lipinski definition) is 2. The molecule has 90 valence electrons. The Balaban J connectivity index is 2.41. The van der Waals surface area contributed by atoms with Crippen LogP contribution in [0.25, 0.3) is 0 Å². The first kappa shape index (κ1) is 11.9. The molecule has 0 aliphatic carbocycles. The SMILES string of the molecule is CCc1ccc(CC)c(C(O)c2ccoc2)c1. The highest BCUT2D eigenvalue weighted by Crippen LogP contribution is 2.27. The molecular formula is C15H18O2. The van der Waals surface area contributed by atoms with Crippen LogP contribution in [0.15, 0.2) is 41.2 Å². The van der Waals surface area contributed by atoms with Gasteiger partial charge in [-0.05, 0) is 35.6 Å². The molecule has 0 saturated carbocycles. The van der Waals surface area contributed by atoms with Gasteiger partial charge in [0.15, 0.2) is 0 Å². The summed E-state index contributed by atoms with van der Waals surface area (Å²) in [4.78, 5) is 0. The molecule has 0 aliphatic heterocycles. The molecule has 2 nitrogen and oxygen atoms in total. The van der Waals surface area contributed by atoms with Crippen LogP contribution in [0.4, 0.5) is 0 Å². The van der Waals surface area contributed by atoms with Gasteiger partial charge in [-0.25, -0.2) is 0 Å². The maximum absolute atomic E-state index is 10.4. The van der Waals surface area contributed by atoms with Gasteiger partial charge in [-0.2, -0.15) is 0 Å². The Morgan fingerprint density at radius 1 is 1.18 bits per heavy atom. The molecule has 2 heteroatoms. The third kappa shape index (κ3) is 2.42. The molecule has 0 bridgehead atoms. The number of aliphatic hydroxyl groups excluding tert-OH is 1. The third-order valence-electron chi connectivity index (χ3n) is 3.15. The predicted octanol–water partition coefficient (Wildman–Crippen LogP) is 3.49. The number of aryl methyl sites for hydroxylation is 2. The Kier molecular flexibility index (Phi) is 3.64. The van der Waals surface area contributed by atoms with E-state index in [0.29, 0.717) is 0 Å². The molecule has 1 N–H and O–H groups in total. The molecule has 0 saturated heterocycles. The number of hydrogen-bond donors (Lipinski definition) is 1. The van der Waals surface area contributed by atoms with Crippen molar-refractivity contribution in [1.29, 1.82) is 0 Å². The topological polar surface area (TPSA) is 33.4 Å². The number of furan rings is 1. The fraction of sp³-hybridized carbons (Fsp3) is 0.333. The second-order valence-corrected chi connectivity index (χ2v) is 4.20. The van der Waals surface area contributed by atoms with E-state index in [9.17, 15) is 5.11 Å². The predicted molar refractivity (Wildman–Crippen MR) is 68.0 cm³/mol. The summed E-state index contributed by atoms with van der Waals surface area (Å²) < 4.78 is 5.03. The minimum absolute atomic E-state index is 0.588. The molecule has 1 atom stereocenters. The van der Waals surface area contributed by atoms with Crippen molar-refractivity contribution in [2.75, 3.05) is 0 Å². The maximum atomic E-state index is 10.4. The first-order valence-corrected chi connectivity index (χ1v) is 6.08. The monoisotopic (exact) mass is 230 g/mol. The second-order valence-electron chi connectivity index (χ2n) is 4.20. The van der Waals surface area contributed by atoms with Crippen molar-refractivity contribution in [3.63, 3.8) is 0 Å². The Bertz CT molecular complexity index is 472. The molecule has 0 fully saturated rings. The van der Waals surface area contributed by atoms with Crippen molar-refractivity contribution >= 4 is 0 Å². The Labute approximate surface area is 102 Å². The van der Waals surface area contributed by atoms with Gasteiger partial charge in [0, 0.05) is 5.56 Å². The molecule has 0 spiro atoms. The lowest BCUT2D eigenvalue weighted by Gasteiger charge is -2.15. The summed E-state index contributed by atoms with van der Waals surface area (Å²) in [6, 6.07) is 8.14. The first-order chi connectivity index (χ1) is 8.26. The van der Waals surface area contributed by atoms with E-state index in [1.165, 1.54) is 11.1 Å². The Morgan fingerprint density at radius 2 is 2.00 bits per heavy atom. The molecule has 1 unspecified atom stereocenters. The number of benzene rings is 1. The van der Waals surface area contributed by atoms with Crippen LogP contribution in [-0.2, 0) is 12.8 Å². The average molecular weight is 230 g/mol. The zero-order chi connectivity index (χ0) is 12.3. The van der Waals surface area contributed by atoms with Gasteiger partial charge in [-0.15, -0.1) is 0 Å². The van der Waals surface area contributed by atoms with Gasteiger partial charge < -0.3 is 9.52 Å². The molecule has 17 heavy (non-hydrogen) atoms. The normalized spacial score (nSPS) is 12.6. The lowest BCUT2D eigenvalue weighted by atomic mass is 9.94. The van der Waals surface area contributed by atoms with E-state index in [2.05, 4.69) is 32.0 Å². The summed E-state index contributed by atoms with van der Waals surface area (Å²) in [6.07, 6.45) is 4.51. The molecular weight excluding hydrogens is 212 g/mol. The fourth-order valence-corrected chi connectivity index (χ4v) is 2.05. The van der Waals surface area contributed by atoms with Crippen LogP contribution >= 0.6 is 0 Å². The van der Waals surface area contributed by atoms with E-state index in [-0.39, 0.29) is 0 Å². The summed E-state index contributed by atoms with van der Waals surface area (Å²) >= 11 is 0. The molecule has 0 radical (unpaired) electrons. The van der Waals surface area contributed by atoms with E-state index in [0.717, 1.165) is 24.0 Å². The average Bonchev–Trinajstić information content (AvgIpc) is 2.91. The van der Waals surface area contributed by atoms with Crippen molar-refractivity contribution < 1.29 is 9.52 Å². The highest BCUT2D eigenvalue weighted by molar-refractivity contribution is 5.38. The van der Waals surface area contributed by atoms with Crippen molar-refractivity contribution in [2.45, 2.75) is 32.8 Å². The molecule has 1 heterocycles. The lowest BCUT2D eigenvalue weighted by molar-refractivity contribution is 0.218. The summed E-state index contributed by atoms with van der Waals surface area (Å²) in [7, 11) is 0. The number of rotatable bonds is 4. The van der Waals surface area contributed by atoms with Crippen molar-refractivity contribution in [1.82, 2.24) is 0 Å². The van der Waals surface area contributed by atoms with Crippen molar-refractivity contribution in [2.24, 2.45) is 0 Å². The van der Waals surface area contributed by atoms with Crippen LogP contribution < -0.4 is 0 Å². The Hall–Kier alpha value is -1.54. The van der Waals surface area contributed by atoms with Crippen molar-refractivity contribution in [3.8, 4) is 0 Å². The van der Waals surface area contributed by atoms with Crippen LogP contribution in [0, 0.1) is 0 Å². The van der Waals surface area contributed by atoms with Gasteiger partial charge in [-0.3, -0.25) is 0 Å². The van der Waals surface area contributed by atoms with Crippen LogP contribution in [0.5, 0.6) is 0 Å². The van der Waals surface area contributed by atoms with Gasteiger partial charge >= 0.3 is 0 Å². The largest absolute Gasteiger partial charge is 0.472 e. The van der Waals surface area contributed by atoms with Gasteiger partial charge in [0.05, 0.1) is 12.5 Å². The summed E-state index contributed by atoms with van der Waals surface area (Å²) in [5.74, 6) is 0. The van der Waals surface area contributed by atoms with E-state index < -0.39 is 6.10 Å². The smallest absolute Gasteiger partial charge is 0.107 e. The van der Waals surface area contributed by atoms with E-state index in [1.54, 1.807) is 12.5 Å². The Morgan fingerprint density at radius 3 is 2.59 bits per heavy atom. The summed E-state index contributed by atoms with van der Waals surface area (Å²) in [5, 5.41) is 10.4. The third-order valence-corrected chi connectivity index (χ3v) is 3.15. The first-order valence-electron chi connectivity index (χ1n) is 6.08. The minimum atomic E-state index is -0.588. The second kappa shape index (κ2) is 5.19. The standard InChI is InChI=1S/C15H18O2/c1-3-11-5-6-12(4-2)14(9-11)15(16)13-7-8-17-10-13/h5-10,15-16H,3-4H2,1-2H3. The molecule has 0 aliphatic rings. The quantitative estimate of drug-likeness (QED) is 0.872. The zero-order valence-electron chi connectivity index (χ0n) is 10.3. The van der Waals surface area contributed by atoms with Gasteiger partial charge in [0.1, 0.15) is 6.10 Å². The molecule has 1 aromatic heterocycles. The van der Waals surface area contributed by atoms with E-state index in [1.807, 2.05) is 6.07 Å². The van der Waals surface area contributed by atoms with Crippen molar-refractivity contribution in [3.05, 3.63) is 59.0 Å². The lowest BCUT2D eigenvalue weighted by Crippen LogP contribution is -2.03. The van der Waals surface area contributed by atoms with Crippen LogP contribution in [0.2, 0.25) is 0 Å².